The molecule has 9 N–H and O–H groups in total. The van der Waals surface area contributed by atoms with Crippen LogP contribution in [0.15, 0.2) is 60.7 Å². The normalized spacial score (nSPS) is 16.0. The van der Waals surface area contributed by atoms with Crippen LogP contribution in [0.5, 0.6) is 0 Å². The van der Waals surface area contributed by atoms with Gasteiger partial charge in [-0.15, -0.1) is 0 Å². The second kappa shape index (κ2) is 15.0. The number of benzene rings is 2. The van der Waals surface area contributed by atoms with E-state index in [1.54, 1.807) is 30.3 Å². The number of hydrogen-bond donors (Lipinski definition) is 8. The molecule has 0 spiro atoms. The Morgan fingerprint density at radius 1 is 0.865 bits per heavy atom. The maximum absolute atomic E-state index is 12.5. The number of ether oxygens (including phenoxy) is 1. The lowest BCUT2D eigenvalue weighted by atomic mass is 9.99. The Morgan fingerprint density at radius 3 is 2.03 bits per heavy atom. The Morgan fingerprint density at radius 2 is 1.46 bits per heavy atom. The highest BCUT2D eigenvalue weighted by Gasteiger charge is 2.37. The molecule has 0 fully saturated rings. The molecule has 0 aliphatic heterocycles. The zero-order valence-corrected chi connectivity index (χ0v) is 20.0. The van der Waals surface area contributed by atoms with Crippen LogP contribution in [-0.4, -0.2) is 86.9 Å². The Kier molecular flexibility index (Phi) is 12.1. The summed E-state index contributed by atoms with van der Waals surface area (Å²) in [6, 6.07) is 13.6. The van der Waals surface area contributed by atoms with E-state index in [4.69, 9.17) is 15.6 Å². The fraction of sp³-hybridized carbons (Fsp3) is 0.400. The first-order valence-electron chi connectivity index (χ1n) is 11.5. The third-order valence-corrected chi connectivity index (χ3v) is 5.52. The molecule has 0 aromatic heterocycles. The molecule has 2 rings (SSSR count). The zero-order valence-electron chi connectivity index (χ0n) is 20.0. The van der Waals surface area contributed by atoms with Gasteiger partial charge >= 0.3 is 5.97 Å². The minimum absolute atomic E-state index is 0.174. The summed E-state index contributed by atoms with van der Waals surface area (Å²) >= 11 is 0. The van der Waals surface area contributed by atoms with Crippen LogP contribution in [0.2, 0.25) is 0 Å². The van der Waals surface area contributed by atoms with E-state index in [1.807, 2.05) is 30.3 Å². The fourth-order valence-corrected chi connectivity index (χ4v) is 3.43. The molecule has 37 heavy (non-hydrogen) atoms. The molecule has 12 nitrogen and oxygen atoms in total. The summed E-state index contributed by atoms with van der Waals surface area (Å²) in [5, 5.41) is 54.4. The molecule has 6 atom stereocenters. The molecule has 12 heteroatoms. The number of hydrogen-bond acceptors (Lipinski definition) is 9. The number of aliphatic hydroxyl groups is 4. The smallest absolute Gasteiger partial charge is 0.305 e. The van der Waals surface area contributed by atoms with Crippen LogP contribution in [0.25, 0.3) is 0 Å². The van der Waals surface area contributed by atoms with Crippen molar-refractivity contribution in [2.75, 3.05) is 13.2 Å². The van der Waals surface area contributed by atoms with Crippen LogP contribution in [0.1, 0.15) is 23.6 Å². The number of carbonyl (C=O) groups excluding carboxylic acids is 2. The molecular weight excluding hydrogens is 486 g/mol. The van der Waals surface area contributed by atoms with E-state index >= 15 is 0 Å². The summed E-state index contributed by atoms with van der Waals surface area (Å²) < 4.78 is 5.40. The molecular formula is C25H33N3O9. The number of carbonyl (C=O) groups is 3. The van der Waals surface area contributed by atoms with Crippen molar-refractivity contribution in [3.63, 3.8) is 0 Å². The number of rotatable bonds is 15. The first-order valence-corrected chi connectivity index (χ1v) is 11.5. The number of nitrogens with two attached hydrogens (primary N) is 1. The topological polar surface area (TPSA) is 212 Å². The van der Waals surface area contributed by atoms with Gasteiger partial charge in [0.05, 0.1) is 38.3 Å². The highest BCUT2D eigenvalue weighted by Crippen LogP contribution is 2.17. The van der Waals surface area contributed by atoms with Crippen LogP contribution in [0.3, 0.4) is 0 Å². The Balaban J connectivity index is 1.92. The van der Waals surface area contributed by atoms with Crippen molar-refractivity contribution in [1.29, 1.82) is 0 Å². The van der Waals surface area contributed by atoms with Crippen LogP contribution >= 0.6 is 0 Å². The van der Waals surface area contributed by atoms with Gasteiger partial charge in [0.1, 0.15) is 18.2 Å². The highest BCUT2D eigenvalue weighted by atomic mass is 16.5. The lowest BCUT2D eigenvalue weighted by Crippen LogP contribution is -2.59. The predicted octanol–water partition coefficient (Wildman–Crippen LogP) is -1.58. The van der Waals surface area contributed by atoms with Gasteiger partial charge in [-0.1, -0.05) is 60.7 Å². The summed E-state index contributed by atoms with van der Waals surface area (Å²) in [5.41, 5.74) is 7.11. The average Bonchev–Trinajstić information content (AvgIpc) is 2.90. The standard InChI is InChI=1S/C25H33N3O9/c26-17(14-37-13-15-7-3-1-4-8-15)24(35)28-19(12-29)21(32)22(33)23(34)25(36)27-18(11-20(30)31)16-9-5-2-6-10-16/h1-10,17-19,21-23,29,32-34H,11-14,26H2,(H,27,36)(H,28,35)(H,30,31). The van der Waals surface area contributed by atoms with Gasteiger partial charge in [-0.05, 0) is 11.1 Å². The Bertz CT molecular complexity index is 993. The number of amides is 2. The van der Waals surface area contributed by atoms with E-state index in [1.165, 1.54) is 0 Å². The molecule has 2 amide bonds. The second-order valence-corrected chi connectivity index (χ2v) is 8.40. The van der Waals surface area contributed by atoms with Crippen molar-refractivity contribution in [1.82, 2.24) is 10.6 Å². The van der Waals surface area contributed by atoms with Crippen molar-refractivity contribution in [2.24, 2.45) is 5.73 Å². The third kappa shape index (κ3) is 9.53. The van der Waals surface area contributed by atoms with Crippen molar-refractivity contribution in [2.45, 2.75) is 49.5 Å². The van der Waals surface area contributed by atoms with Crippen LogP contribution < -0.4 is 16.4 Å². The first-order chi connectivity index (χ1) is 17.6. The third-order valence-electron chi connectivity index (χ3n) is 5.52. The lowest BCUT2D eigenvalue weighted by molar-refractivity contribution is -0.145. The average molecular weight is 520 g/mol. The maximum atomic E-state index is 12.5. The minimum atomic E-state index is -2.20. The first kappa shape index (κ1) is 29.8. The summed E-state index contributed by atoms with van der Waals surface area (Å²) in [4.78, 5) is 36.1. The van der Waals surface area contributed by atoms with Gasteiger partial charge in [-0.25, -0.2) is 0 Å². The molecule has 0 saturated carbocycles. The van der Waals surface area contributed by atoms with Gasteiger partial charge in [0.15, 0.2) is 6.10 Å². The molecule has 6 unspecified atom stereocenters. The molecule has 2 aromatic rings. The van der Waals surface area contributed by atoms with Gasteiger partial charge in [-0.2, -0.15) is 0 Å². The predicted molar refractivity (Wildman–Crippen MR) is 131 cm³/mol. The monoisotopic (exact) mass is 519 g/mol. The van der Waals surface area contributed by atoms with Crippen LogP contribution in [-0.2, 0) is 25.7 Å². The van der Waals surface area contributed by atoms with E-state index < -0.39 is 67.2 Å². The summed E-state index contributed by atoms with van der Waals surface area (Å²) in [5.74, 6) is -3.17. The van der Waals surface area contributed by atoms with Crippen LogP contribution in [0, 0.1) is 0 Å². The van der Waals surface area contributed by atoms with Crippen LogP contribution in [0.4, 0.5) is 0 Å². The van der Waals surface area contributed by atoms with Gasteiger partial charge < -0.3 is 46.6 Å². The van der Waals surface area contributed by atoms with E-state index in [2.05, 4.69) is 10.6 Å². The van der Waals surface area contributed by atoms with E-state index in [0.717, 1.165) is 5.56 Å². The van der Waals surface area contributed by atoms with Crippen molar-refractivity contribution in [3.8, 4) is 0 Å². The van der Waals surface area contributed by atoms with Gasteiger partial charge in [0, 0.05) is 0 Å². The molecule has 0 saturated heterocycles. The number of aliphatic hydroxyl groups excluding tert-OH is 4. The fourth-order valence-electron chi connectivity index (χ4n) is 3.43. The Labute approximate surface area is 213 Å². The largest absolute Gasteiger partial charge is 0.481 e. The quantitative estimate of drug-likeness (QED) is 0.135. The number of nitrogens with one attached hydrogen (secondary N) is 2. The van der Waals surface area contributed by atoms with Gasteiger partial charge in [-0.3, -0.25) is 14.4 Å². The van der Waals surface area contributed by atoms with Crippen molar-refractivity contribution < 1.29 is 44.7 Å². The van der Waals surface area contributed by atoms with Crippen molar-refractivity contribution >= 4 is 17.8 Å². The SMILES string of the molecule is NC(COCc1ccccc1)C(=O)NC(CO)C(O)C(O)C(O)C(=O)NC(CC(=O)O)c1ccccc1. The lowest BCUT2D eigenvalue weighted by Gasteiger charge is -2.30. The van der Waals surface area contributed by atoms with E-state index in [-0.39, 0.29) is 13.2 Å². The summed E-state index contributed by atoms with van der Waals surface area (Å²) in [7, 11) is 0. The second-order valence-electron chi connectivity index (χ2n) is 8.40. The van der Waals surface area contributed by atoms with Gasteiger partial charge in [0.25, 0.3) is 5.91 Å². The van der Waals surface area contributed by atoms with E-state index in [9.17, 15) is 34.8 Å². The van der Waals surface area contributed by atoms with E-state index in [0.29, 0.717) is 5.56 Å². The van der Waals surface area contributed by atoms with Gasteiger partial charge in [0.2, 0.25) is 5.91 Å². The molecule has 0 aliphatic carbocycles. The summed E-state index contributed by atoms with van der Waals surface area (Å²) in [6.07, 6.45) is -6.81. The number of carboxylic acid groups (broad SMARTS) is 1. The zero-order chi connectivity index (χ0) is 27.4. The molecule has 0 aliphatic rings. The minimum Gasteiger partial charge on any atom is -0.481 e. The highest BCUT2D eigenvalue weighted by molar-refractivity contribution is 5.83. The number of aliphatic carboxylic acids is 1. The number of carboxylic acids is 1. The van der Waals surface area contributed by atoms with Crippen molar-refractivity contribution in [3.05, 3.63) is 71.8 Å². The summed E-state index contributed by atoms with van der Waals surface area (Å²) in [6.45, 7) is -0.811. The molecule has 0 bridgehead atoms. The molecule has 202 valence electrons. The molecule has 2 aromatic carbocycles. The maximum Gasteiger partial charge on any atom is 0.305 e. The Hall–Kier alpha value is -3.39. The molecule has 0 heterocycles. The molecule has 0 radical (unpaired) electrons.